The van der Waals surface area contributed by atoms with Crippen LogP contribution in [-0.4, -0.2) is 80.2 Å². The van der Waals surface area contributed by atoms with E-state index in [9.17, 15) is 14.7 Å². The summed E-state index contributed by atoms with van der Waals surface area (Å²) >= 11 is 3.38. The largest absolute Gasteiger partial charge is 0.507 e. The Hall–Kier alpha value is -2.88. The van der Waals surface area contributed by atoms with Crippen molar-refractivity contribution in [1.82, 2.24) is 9.80 Å². The predicted octanol–water partition coefficient (Wildman–Crippen LogP) is 3.22. The highest BCUT2D eigenvalue weighted by Crippen LogP contribution is 2.45. The van der Waals surface area contributed by atoms with Gasteiger partial charge in [0.2, 0.25) is 0 Å². The molecular weight excluding hydrogens is 504 g/mol. The van der Waals surface area contributed by atoms with E-state index in [2.05, 4.69) is 20.8 Å². The number of rotatable bonds is 7. The minimum atomic E-state index is -0.824. The van der Waals surface area contributed by atoms with Gasteiger partial charge in [-0.05, 0) is 18.2 Å². The molecule has 1 atom stereocenters. The number of benzene rings is 2. The van der Waals surface area contributed by atoms with E-state index in [1.165, 1.54) is 19.1 Å². The van der Waals surface area contributed by atoms with Crippen LogP contribution in [0.15, 0.2) is 52.5 Å². The number of likely N-dealkylation sites (tertiary alicyclic amines) is 1. The van der Waals surface area contributed by atoms with Gasteiger partial charge in [-0.1, -0.05) is 40.2 Å². The molecule has 2 aliphatic rings. The van der Waals surface area contributed by atoms with Crippen LogP contribution in [0.25, 0.3) is 5.76 Å². The summed E-state index contributed by atoms with van der Waals surface area (Å²) in [5.74, 6) is -0.717. The van der Waals surface area contributed by atoms with Crippen LogP contribution in [0.2, 0.25) is 0 Å². The molecule has 2 heterocycles. The predicted molar refractivity (Wildman–Crippen MR) is 130 cm³/mol. The van der Waals surface area contributed by atoms with Crippen LogP contribution < -0.4 is 9.47 Å². The van der Waals surface area contributed by atoms with Crippen LogP contribution in [0.5, 0.6) is 11.5 Å². The molecule has 2 aromatic carbocycles. The second kappa shape index (κ2) is 10.6. The smallest absolute Gasteiger partial charge is 0.295 e. The number of ketones is 1. The van der Waals surface area contributed by atoms with Crippen molar-refractivity contribution in [3.63, 3.8) is 0 Å². The van der Waals surface area contributed by atoms with Crippen molar-refractivity contribution in [2.24, 2.45) is 0 Å². The van der Waals surface area contributed by atoms with Crippen LogP contribution in [0.3, 0.4) is 0 Å². The number of Topliss-reactive ketones (excluding diaryl/α,β-unsaturated/α-hetero) is 1. The highest BCUT2D eigenvalue weighted by Gasteiger charge is 2.47. The van der Waals surface area contributed by atoms with E-state index < -0.39 is 17.7 Å². The molecule has 9 heteroatoms. The highest BCUT2D eigenvalue weighted by atomic mass is 79.9. The molecule has 2 aromatic rings. The number of aliphatic hydroxyl groups excluding tert-OH is 1. The minimum Gasteiger partial charge on any atom is -0.507 e. The summed E-state index contributed by atoms with van der Waals surface area (Å²) in [5.41, 5.74) is 1.05. The summed E-state index contributed by atoms with van der Waals surface area (Å²) in [7, 11) is 3.04. The van der Waals surface area contributed by atoms with Crippen molar-refractivity contribution in [2.45, 2.75) is 6.04 Å². The van der Waals surface area contributed by atoms with Gasteiger partial charge in [0, 0.05) is 41.8 Å². The molecule has 1 unspecified atom stereocenters. The number of para-hydroxylation sites is 1. The van der Waals surface area contributed by atoms with Crippen molar-refractivity contribution in [1.29, 1.82) is 0 Å². The molecule has 2 saturated heterocycles. The molecule has 0 spiro atoms. The van der Waals surface area contributed by atoms with E-state index in [1.54, 1.807) is 42.5 Å². The summed E-state index contributed by atoms with van der Waals surface area (Å²) in [6.07, 6.45) is 0. The number of hydrogen-bond donors (Lipinski definition) is 1. The zero-order valence-electron chi connectivity index (χ0n) is 19.1. The maximum Gasteiger partial charge on any atom is 0.295 e. The van der Waals surface area contributed by atoms with Crippen molar-refractivity contribution in [3.05, 3.63) is 63.6 Å². The Morgan fingerprint density at radius 3 is 2.41 bits per heavy atom. The van der Waals surface area contributed by atoms with Gasteiger partial charge < -0.3 is 24.2 Å². The van der Waals surface area contributed by atoms with Gasteiger partial charge in [-0.3, -0.25) is 14.5 Å². The van der Waals surface area contributed by atoms with Crippen molar-refractivity contribution in [3.8, 4) is 11.5 Å². The van der Waals surface area contributed by atoms with Crippen LogP contribution in [0.4, 0.5) is 0 Å². The second-order valence-corrected chi connectivity index (χ2v) is 8.95. The average molecular weight is 531 g/mol. The van der Waals surface area contributed by atoms with Crippen LogP contribution >= 0.6 is 15.9 Å². The van der Waals surface area contributed by atoms with Gasteiger partial charge in [0.25, 0.3) is 11.7 Å². The number of halogens is 1. The maximum absolute atomic E-state index is 13.3. The molecule has 0 aromatic heterocycles. The first-order chi connectivity index (χ1) is 16.5. The molecule has 180 valence electrons. The quantitative estimate of drug-likeness (QED) is 0.334. The minimum absolute atomic E-state index is 0.0286. The Morgan fingerprint density at radius 2 is 1.76 bits per heavy atom. The van der Waals surface area contributed by atoms with E-state index in [4.69, 9.17) is 14.2 Å². The lowest BCUT2D eigenvalue weighted by Gasteiger charge is -2.31. The zero-order chi connectivity index (χ0) is 24.2. The first-order valence-corrected chi connectivity index (χ1v) is 11.8. The number of hydrogen-bond acceptors (Lipinski definition) is 7. The van der Waals surface area contributed by atoms with Gasteiger partial charge in [0.15, 0.2) is 11.5 Å². The maximum atomic E-state index is 13.3. The molecule has 0 radical (unpaired) electrons. The Balaban J connectivity index is 1.81. The van der Waals surface area contributed by atoms with Gasteiger partial charge >= 0.3 is 0 Å². The molecule has 4 rings (SSSR count). The number of amides is 1. The SMILES string of the molecule is COc1cccc(C2C(=C(O)c3ccc(Br)cc3)C(=O)C(=O)N2CCN2CCOCC2)c1OC. The molecule has 2 fully saturated rings. The number of aliphatic hydroxyl groups is 1. The molecule has 8 nitrogen and oxygen atoms in total. The van der Waals surface area contributed by atoms with Crippen molar-refractivity contribution >= 4 is 33.4 Å². The van der Waals surface area contributed by atoms with Crippen LogP contribution in [0.1, 0.15) is 17.2 Å². The third kappa shape index (κ3) is 4.68. The lowest BCUT2D eigenvalue weighted by Crippen LogP contribution is -2.42. The van der Waals surface area contributed by atoms with Gasteiger partial charge in [0.1, 0.15) is 5.76 Å². The third-order valence-corrected chi connectivity index (χ3v) is 6.68. The average Bonchev–Trinajstić information content (AvgIpc) is 3.12. The Morgan fingerprint density at radius 1 is 1.06 bits per heavy atom. The number of ether oxygens (including phenoxy) is 3. The number of morpholine rings is 1. The van der Waals surface area contributed by atoms with Crippen molar-refractivity contribution in [2.75, 3.05) is 53.6 Å². The Labute approximate surface area is 206 Å². The molecule has 2 aliphatic heterocycles. The fraction of sp³-hybridized carbons (Fsp3) is 0.360. The molecule has 0 aliphatic carbocycles. The fourth-order valence-corrected chi connectivity index (χ4v) is 4.66. The summed E-state index contributed by atoms with van der Waals surface area (Å²) < 4.78 is 17.3. The molecule has 34 heavy (non-hydrogen) atoms. The van der Waals surface area contributed by atoms with Crippen LogP contribution in [-0.2, 0) is 14.3 Å². The van der Waals surface area contributed by atoms with Gasteiger partial charge in [0.05, 0.1) is 39.0 Å². The second-order valence-electron chi connectivity index (χ2n) is 8.04. The third-order valence-electron chi connectivity index (χ3n) is 6.15. The molecular formula is C25H27BrN2O6. The normalized spacial score (nSPS) is 20.6. The van der Waals surface area contributed by atoms with Gasteiger partial charge in [-0.25, -0.2) is 0 Å². The molecule has 1 N–H and O–H groups in total. The summed E-state index contributed by atoms with van der Waals surface area (Å²) in [4.78, 5) is 30.2. The molecule has 0 bridgehead atoms. The zero-order valence-corrected chi connectivity index (χ0v) is 20.7. The Bertz CT molecular complexity index is 1100. The van der Waals surface area contributed by atoms with E-state index in [-0.39, 0.29) is 11.3 Å². The molecule has 1 amide bonds. The Kier molecular flexibility index (Phi) is 7.55. The van der Waals surface area contributed by atoms with Crippen LogP contribution in [0, 0.1) is 0 Å². The lowest BCUT2D eigenvalue weighted by atomic mass is 9.94. The highest BCUT2D eigenvalue weighted by molar-refractivity contribution is 9.10. The number of methoxy groups -OCH3 is 2. The fourth-order valence-electron chi connectivity index (χ4n) is 4.40. The lowest BCUT2D eigenvalue weighted by molar-refractivity contribution is -0.140. The van der Waals surface area contributed by atoms with E-state index in [1.807, 2.05) is 0 Å². The van der Waals surface area contributed by atoms with Gasteiger partial charge in [-0.15, -0.1) is 0 Å². The topological polar surface area (TPSA) is 88.5 Å². The standard InChI is InChI=1S/C25H27BrN2O6/c1-32-19-5-3-4-18(24(19)33-2)21-20(22(29)16-6-8-17(26)9-7-16)23(30)25(31)28(21)11-10-27-12-14-34-15-13-27/h3-9,21,29H,10-15H2,1-2H3. The van der Waals surface area contributed by atoms with Crippen molar-refractivity contribution < 1.29 is 28.9 Å². The first kappa shape index (κ1) is 24.3. The summed E-state index contributed by atoms with van der Waals surface area (Å²) in [6.45, 7) is 3.68. The summed E-state index contributed by atoms with van der Waals surface area (Å²) in [5, 5.41) is 11.2. The van der Waals surface area contributed by atoms with E-state index in [0.29, 0.717) is 48.9 Å². The van der Waals surface area contributed by atoms with E-state index >= 15 is 0 Å². The monoisotopic (exact) mass is 530 g/mol. The number of carbonyl (C=O) groups excluding carboxylic acids is 2. The molecule has 0 saturated carbocycles. The van der Waals surface area contributed by atoms with E-state index in [0.717, 1.165) is 17.6 Å². The number of nitrogens with zero attached hydrogens (tertiary/aromatic N) is 2. The summed E-state index contributed by atoms with van der Waals surface area (Å²) in [6, 6.07) is 11.4. The number of carbonyl (C=O) groups is 2. The first-order valence-electron chi connectivity index (χ1n) is 11.0. The van der Waals surface area contributed by atoms with Gasteiger partial charge in [-0.2, -0.15) is 0 Å².